The van der Waals surface area contributed by atoms with Crippen LogP contribution in [0.5, 0.6) is 0 Å². The number of fused-ring (bicyclic) bond motifs is 1. The molecule has 2 aromatic carbocycles. The Morgan fingerprint density at radius 2 is 1.56 bits per heavy atom. The number of benzene rings is 2. The molecule has 2 aromatic rings. The summed E-state index contributed by atoms with van der Waals surface area (Å²) in [5.41, 5.74) is 5.83. The first-order valence-electron chi connectivity index (χ1n) is 6.00. The summed E-state index contributed by atoms with van der Waals surface area (Å²) < 4.78 is 63.9. The first-order valence-corrected chi connectivity index (χ1v) is 8.88. The van der Waals surface area contributed by atoms with Gasteiger partial charge in [-0.1, -0.05) is 6.07 Å². The van der Waals surface area contributed by atoms with Crippen molar-refractivity contribution in [1.29, 1.82) is 0 Å². The molecule has 2 rings (SSSR count). The van der Waals surface area contributed by atoms with Crippen molar-refractivity contribution >= 4 is 107 Å². The molecular weight excluding hydrogens is 394 g/mol. The molecule has 1 amide bonds. The summed E-state index contributed by atoms with van der Waals surface area (Å²) >= 11 is 0. The Hall–Kier alpha value is -0.210. The van der Waals surface area contributed by atoms with Crippen LogP contribution in [-0.4, -0.2) is 91.0 Å². The Morgan fingerprint density at radius 1 is 1.00 bits per heavy atom. The van der Waals surface area contributed by atoms with E-state index >= 15 is 0 Å². The standard InChI is InChI=1S/C12H12N2O7S2.2Na/c1-6(15)14-10-3-2-8-9(12(10)13)4-7(22(16,17)18)5-11(8)23(19,20)21;;/h2-5H,13H2,1H3,(H,14,15)(H,16,17,18)(H,19,20,21);;. The molecule has 0 atom stereocenters. The molecule has 0 unspecified atom stereocenters. The Balaban J connectivity index is 0.00000288. The fourth-order valence-electron chi connectivity index (χ4n) is 2.06. The van der Waals surface area contributed by atoms with Crippen molar-refractivity contribution in [3.63, 3.8) is 0 Å². The molecule has 25 heavy (non-hydrogen) atoms. The largest absolute Gasteiger partial charge is 0.397 e. The summed E-state index contributed by atoms with van der Waals surface area (Å²) in [6.07, 6.45) is 0. The first kappa shape index (κ1) is 24.8. The number of rotatable bonds is 3. The van der Waals surface area contributed by atoms with Crippen LogP contribution in [0.1, 0.15) is 6.92 Å². The Morgan fingerprint density at radius 3 is 2.00 bits per heavy atom. The zero-order valence-corrected chi connectivity index (χ0v) is 19.3. The predicted molar refractivity (Wildman–Crippen MR) is 93.8 cm³/mol. The van der Waals surface area contributed by atoms with Gasteiger partial charge in [0.1, 0.15) is 4.90 Å². The van der Waals surface area contributed by atoms with Gasteiger partial charge in [0.2, 0.25) is 5.91 Å². The third kappa shape index (κ3) is 5.63. The van der Waals surface area contributed by atoms with Gasteiger partial charge < -0.3 is 11.1 Å². The molecular formula is C12H12N2Na2O7S2. The second-order valence-electron chi connectivity index (χ2n) is 4.67. The van der Waals surface area contributed by atoms with Crippen molar-refractivity contribution < 1.29 is 30.7 Å². The van der Waals surface area contributed by atoms with Crippen molar-refractivity contribution in [2.24, 2.45) is 0 Å². The average Bonchev–Trinajstić information content (AvgIpc) is 2.38. The van der Waals surface area contributed by atoms with Gasteiger partial charge >= 0.3 is 0 Å². The molecule has 0 saturated heterocycles. The van der Waals surface area contributed by atoms with Gasteiger partial charge in [-0.3, -0.25) is 13.9 Å². The number of nitrogen functional groups attached to an aromatic ring is 1. The minimum absolute atomic E-state index is 0. The van der Waals surface area contributed by atoms with E-state index in [1.807, 2.05) is 0 Å². The molecule has 0 aliphatic carbocycles. The Bertz CT molecular complexity index is 1040. The van der Waals surface area contributed by atoms with E-state index in [0.29, 0.717) is 6.07 Å². The van der Waals surface area contributed by atoms with Crippen LogP contribution in [0.3, 0.4) is 0 Å². The van der Waals surface area contributed by atoms with Crippen molar-refractivity contribution in [3.8, 4) is 0 Å². The predicted octanol–water partition coefficient (Wildman–Crippen LogP) is 0.112. The fraction of sp³-hybridized carbons (Fsp3) is 0.0833. The summed E-state index contributed by atoms with van der Waals surface area (Å²) in [6, 6.07) is 4.11. The summed E-state index contributed by atoms with van der Waals surface area (Å²) in [6.45, 7) is 1.22. The van der Waals surface area contributed by atoms with Crippen LogP contribution >= 0.6 is 0 Å². The molecule has 9 nitrogen and oxygen atoms in total. The Kier molecular flexibility index (Phi) is 8.58. The molecule has 0 aliphatic rings. The molecule has 2 radical (unpaired) electrons. The molecule has 0 saturated carbocycles. The average molecular weight is 406 g/mol. The second-order valence-corrected chi connectivity index (χ2v) is 7.49. The SMILES string of the molecule is CC(=O)Nc1ccc2c(S(=O)(=O)O)cc(S(=O)(=O)O)cc2c1N.[Na].[Na]. The minimum Gasteiger partial charge on any atom is -0.397 e. The number of hydrogen-bond donors (Lipinski definition) is 4. The number of carbonyl (C=O) groups is 1. The molecule has 13 heteroatoms. The zero-order chi connectivity index (χ0) is 17.6. The first-order chi connectivity index (χ1) is 10.4. The maximum atomic E-state index is 11.5. The smallest absolute Gasteiger partial charge is 0.295 e. The number of hydrogen-bond acceptors (Lipinski definition) is 6. The Labute approximate surface area is 188 Å². The quantitative estimate of drug-likeness (QED) is 0.317. The second kappa shape index (κ2) is 8.65. The molecule has 0 fully saturated rings. The monoisotopic (exact) mass is 406 g/mol. The van der Waals surface area contributed by atoms with Gasteiger partial charge in [0, 0.05) is 76.8 Å². The van der Waals surface area contributed by atoms with Gasteiger partial charge in [-0.05, 0) is 18.2 Å². The van der Waals surface area contributed by atoms with E-state index in [-0.39, 0.29) is 81.3 Å². The van der Waals surface area contributed by atoms with Gasteiger partial charge in [0.15, 0.2) is 0 Å². The summed E-state index contributed by atoms with van der Waals surface area (Å²) in [5, 5.41) is 2.26. The van der Waals surface area contributed by atoms with E-state index < -0.39 is 35.9 Å². The van der Waals surface area contributed by atoms with Crippen LogP contribution in [0.4, 0.5) is 11.4 Å². The van der Waals surface area contributed by atoms with Gasteiger partial charge in [0.05, 0.1) is 16.3 Å². The maximum absolute atomic E-state index is 11.5. The van der Waals surface area contributed by atoms with Crippen LogP contribution < -0.4 is 11.1 Å². The minimum atomic E-state index is -4.78. The normalized spacial score (nSPS) is 11.3. The van der Waals surface area contributed by atoms with Gasteiger partial charge in [-0.2, -0.15) is 16.8 Å². The molecule has 0 aromatic heterocycles. The maximum Gasteiger partial charge on any atom is 0.295 e. The van der Waals surface area contributed by atoms with E-state index in [9.17, 15) is 26.2 Å². The number of nitrogens with two attached hydrogens (primary N) is 1. The van der Waals surface area contributed by atoms with Crippen LogP contribution in [0.2, 0.25) is 0 Å². The third-order valence-corrected chi connectivity index (χ3v) is 4.72. The van der Waals surface area contributed by atoms with E-state index in [0.717, 1.165) is 6.07 Å². The van der Waals surface area contributed by atoms with Crippen molar-refractivity contribution in [3.05, 3.63) is 24.3 Å². The summed E-state index contributed by atoms with van der Waals surface area (Å²) in [5.74, 6) is -0.447. The summed E-state index contributed by atoms with van der Waals surface area (Å²) in [7, 11) is -9.53. The van der Waals surface area contributed by atoms with Gasteiger partial charge in [-0.25, -0.2) is 0 Å². The number of amides is 1. The topological polar surface area (TPSA) is 164 Å². The van der Waals surface area contributed by atoms with Crippen LogP contribution in [0.15, 0.2) is 34.1 Å². The van der Waals surface area contributed by atoms with Crippen LogP contribution in [0.25, 0.3) is 10.8 Å². The van der Waals surface area contributed by atoms with E-state index in [4.69, 9.17) is 10.3 Å². The van der Waals surface area contributed by atoms with Gasteiger partial charge in [-0.15, -0.1) is 0 Å². The number of carbonyl (C=O) groups excluding carboxylic acids is 1. The molecule has 5 N–H and O–H groups in total. The fourth-order valence-corrected chi connectivity index (χ4v) is 3.40. The van der Waals surface area contributed by atoms with Gasteiger partial charge in [0.25, 0.3) is 20.2 Å². The van der Waals surface area contributed by atoms with Crippen molar-refractivity contribution in [1.82, 2.24) is 0 Å². The molecule has 126 valence electrons. The molecule has 0 heterocycles. The summed E-state index contributed by atoms with van der Waals surface area (Å²) in [4.78, 5) is 9.62. The zero-order valence-electron chi connectivity index (χ0n) is 13.6. The van der Waals surface area contributed by atoms with E-state index in [1.54, 1.807) is 0 Å². The van der Waals surface area contributed by atoms with Crippen LogP contribution in [-0.2, 0) is 25.0 Å². The van der Waals surface area contributed by atoms with E-state index in [2.05, 4.69) is 5.32 Å². The molecule has 0 spiro atoms. The molecule has 0 aliphatic heterocycles. The third-order valence-electron chi connectivity index (χ3n) is 3.00. The number of nitrogens with one attached hydrogen (secondary N) is 1. The number of anilines is 2. The van der Waals surface area contributed by atoms with Crippen molar-refractivity contribution in [2.75, 3.05) is 11.1 Å². The van der Waals surface area contributed by atoms with E-state index in [1.165, 1.54) is 19.1 Å². The molecule has 0 bridgehead atoms. The van der Waals surface area contributed by atoms with Crippen molar-refractivity contribution in [2.45, 2.75) is 16.7 Å². The van der Waals surface area contributed by atoms with Crippen LogP contribution in [0, 0.1) is 0 Å².